The van der Waals surface area contributed by atoms with E-state index in [0.717, 1.165) is 17.0 Å². The van der Waals surface area contributed by atoms with Gasteiger partial charge in [0.1, 0.15) is 13.2 Å². The van der Waals surface area contributed by atoms with E-state index >= 15 is 0 Å². The lowest BCUT2D eigenvalue weighted by atomic mass is 10.2. The van der Waals surface area contributed by atoms with E-state index < -0.39 is 5.97 Å². The summed E-state index contributed by atoms with van der Waals surface area (Å²) in [6.07, 6.45) is 2.71. The molecule has 1 fully saturated rings. The number of carbonyl (C=O) groups excluding carboxylic acids is 2. The maximum absolute atomic E-state index is 11.6. The average molecular weight is 293 g/mol. The molecule has 0 bridgehead atoms. The summed E-state index contributed by atoms with van der Waals surface area (Å²) in [4.78, 5) is 24.3. The van der Waals surface area contributed by atoms with Crippen molar-refractivity contribution >= 4 is 18.1 Å². The number of nitrogens with zero attached hydrogens (tertiary/aromatic N) is 3. The van der Waals surface area contributed by atoms with E-state index in [0.29, 0.717) is 19.7 Å². The van der Waals surface area contributed by atoms with Crippen molar-refractivity contribution in [3.05, 3.63) is 23.0 Å². The minimum Gasteiger partial charge on any atom is -0.461 e. The molecular formula is C14H19N3O4. The van der Waals surface area contributed by atoms with Gasteiger partial charge in [0.2, 0.25) is 0 Å². The van der Waals surface area contributed by atoms with Crippen molar-refractivity contribution in [3.63, 3.8) is 0 Å². The molecule has 0 aliphatic carbocycles. The van der Waals surface area contributed by atoms with Crippen LogP contribution in [0.3, 0.4) is 0 Å². The molecule has 1 aliphatic heterocycles. The highest BCUT2D eigenvalue weighted by Gasteiger charge is 2.21. The third-order valence-electron chi connectivity index (χ3n) is 3.40. The van der Waals surface area contributed by atoms with Gasteiger partial charge in [-0.1, -0.05) is 0 Å². The van der Waals surface area contributed by atoms with Gasteiger partial charge in [-0.05, 0) is 19.9 Å². The molecule has 7 nitrogen and oxygen atoms in total. The molecule has 0 radical (unpaired) electrons. The molecule has 1 aromatic heterocycles. The SMILES string of the molecule is Cc1nn(C)c(C)c1C=CC(=O)OCCN1CCOC1=O. The smallest absolute Gasteiger partial charge is 0.410 e. The number of rotatable bonds is 5. The van der Waals surface area contributed by atoms with Crippen LogP contribution in [-0.4, -0.2) is 53.0 Å². The van der Waals surface area contributed by atoms with Gasteiger partial charge in [-0.25, -0.2) is 9.59 Å². The van der Waals surface area contributed by atoms with Crippen LogP contribution in [0, 0.1) is 13.8 Å². The zero-order valence-electron chi connectivity index (χ0n) is 12.5. The highest BCUT2D eigenvalue weighted by Crippen LogP contribution is 2.13. The molecular weight excluding hydrogens is 274 g/mol. The largest absolute Gasteiger partial charge is 0.461 e. The Morgan fingerprint density at radius 2 is 2.24 bits per heavy atom. The number of aryl methyl sites for hydroxylation is 2. The molecule has 1 amide bonds. The first-order valence-electron chi connectivity index (χ1n) is 6.76. The fraction of sp³-hybridized carbons (Fsp3) is 0.500. The fourth-order valence-corrected chi connectivity index (χ4v) is 2.12. The van der Waals surface area contributed by atoms with E-state index in [1.165, 1.54) is 11.0 Å². The second kappa shape index (κ2) is 6.43. The summed E-state index contributed by atoms with van der Waals surface area (Å²) in [5.41, 5.74) is 2.76. The van der Waals surface area contributed by atoms with Crippen molar-refractivity contribution in [1.82, 2.24) is 14.7 Å². The molecule has 1 saturated heterocycles. The Hall–Kier alpha value is -2.31. The Morgan fingerprint density at radius 1 is 1.48 bits per heavy atom. The van der Waals surface area contributed by atoms with Crippen LogP contribution >= 0.6 is 0 Å². The molecule has 0 spiro atoms. The normalized spacial score (nSPS) is 14.8. The summed E-state index contributed by atoms with van der Waals surface area (Å²) in [7, 11) is 1.85. The molecule has 1 aromatic rings. The van der Waals surface area contributed by atoms with E-state index in [4.69, 9.17) is 9.47 Å². The lowest BCUT2D eigenvalue weighted by Gasteiger charge is -2.11. The molecule has 0 N–H and O–H groups in total. The summed E-state index contributed by atoms with van der Waals surface area (Å²) < 4.78 is 11.6. The zero-order chi connectivity index (χ0) is 15.4. The summed E-state index contributed by atoms with van der Waals surface area (Å²) in [6.45, 7) is 5.26. The zero-order valence-corrected chi connectivity index (χ0v) is 12.5. The average Bonchev–Trinajstić information content (AvgIpc) is 2.93. The Bertz CT molecular complexity index is 577. The summed E-state index contributed by atoms with van der Waals surface area (Å²) in [6, 6.07) is 0. The molecule has 114 valence electrons. The standard InChI is InChI=1S/C14H19N3O4/c1-10-12(11(2)16(3)15-10)4-5-13(18)20-8-6-17-7-9-21-14(17)19/h4-5H,6-9H2,1-3H3. The topological polar surface area (TPSA) is 73.7 Å². The third-order valence-corrected chi connectivity index (χ3v) is 3.40. The monoisotopic (exact) mass is 293 g/mol. The van der Waals surface area contributed by atoms with E-state index in [1.807, 2.05) is 20.9 Å². The van der Waals surface area contributed by atoms with Crippen molar-refractivity contribution in [1.29, 1.82) is 0 Å². The first-order chi connectivity index (χ1) is 9.99. The van der Waals surface area contributed by atoms with Crippen LogP contribution in [0.4, 0.5) is 4.79 Å². The van der Waals surface area contributed by atoms with E-state index in [9.17, 15) is 9.59 Å². The van der Waals surface area contributed by atoms with Gasteiger partial charge in [-0.15, -0.1) is 0 Å². The Kier molecular flexibility index (Phi) is 4.62. The number of esters is 1. The second-order valence-electron chi connectivity index (χ2n) is 4.81. The van der Waals surface area contributed by atoms with Crippen LogP contribution in [0.5, 0.6) is 0 Å². The molecule has 0 atom stereocenters. The Labute approximate surface area is 123 Å². The molecule has 0 saturated carbocycles. The van der Waals surface area contributed by atoms with Crippen LogP contribution in [-0.2, 0) is 21.3 Å². The summed E-state index contributed by atoms with van der Waals surface area (Å²) >= 11 is 0. The first kappa shape index (κ1) is 15.1. The minimum absolute atomic E-state index is 0.156. The quantitative estimate of drug-likeness (QED) is 0.599. The lowest BCUT2D eigenvalue weighted by Crippen LogP contribution is -2.28. The number of cyclic esters (lactones) is 1. The predicted molar refractivity (Wildman–Crippen MR) is 75.6 cm³/mol. The summed E-state index contributed by atoms with van der Waals surface area (Å²) in [5, 5.41) is 4.27. The molecule has 2 rings (SSSR count). The van der Waals surface area contributed by atoms with Crippen LogP contribution in [0.2, 0.25) is 0 Å². The lowest BCUT2D eigenvalue weighted by molar-refractivity contribution is -0.137. The third kappa shape index (κ3) is 3.62. The van der Waals surface area contributed by atoms with Crippen LogP contribution < -0.4 is 0 Å². The number of amides is 1. The fourth-order valence-electron chi connectivity index (χ4n) is 2.12. The number of ether oxygens (including phenoxy) is 2. The van der Waals surface area contributed by atoms with E-state index in [-0.39, 0.29) is 12.7 Å². The molecule has 21 heavy (non-hydrogen) atoms. The van der Waals surface area contributed by atoms with Gasteiger partial charge >= 0.3 is 12.1 Å². The number of carbonyl (C=O) groups is 2. The Balaban J connectivity index is 1.81. The number of hydrogen-bond donors (Lipinski definition) is 0. The van der Waals surface area contributed by atoms with Crippen molar-refractivity contribution in [3.8, 4) is 0 Å². The van der Waals surface area contributed by atoms with Gasteiger partial charge in [0.25, 0.3) is 0 Å². The second-order valence-corrected chi connectivity index (χ2v) is 4.81. The number of hydrogen-bond acceptors (Lipinski definition) is 5. The molecule has 7 heteroatoms. The molecule has 1 aliphatic rings. The van der Waals surface area contributed by atoms with Gasteiger partial charge < -0.3 is 14.4 Å². The van der Waals surface area contributed by atoms with Gasteiger partial charge in [-0.2, -0.15) is 5.10 Å². The van der Waals surface area contributed by atoms with Gasteiger partial charge in [0.15, 0.2) is 0 Å². The highest BCUT2D eigenvalue weighted by molar-refractivity contribution is 5.87. The number of aromatic nitrogens is 2. The van der Waals surface area contributed by atoms with Crippen LogP contribution in [0.25, 0.3) is 6.08 Å². The molecule has 2 heterocycles. The first-order valence-corrected chi connectivity index (χ1v) is 6.76. The minimum atomic E-state index is -0.440. The van der Waals surface area contributed by atoms with Crippen LogP contribution in [0.15, 0.2) is 6.08 Å². The van der Waals surface area contributed by atoms with Gasteiger partial charge in [-0.3, -0.25) is 4.68 Å². The van der Waals surface area contributed by atoms with Gasteiger partial charge in [0, 0.05) is 24.4 Å². The van der Waals surface area contributed by atoms with Gasteiger partial charge in [0.05, 0.1) is 18.8 Å². The predicted octanol–water partition coefficient (Wildman–Crippen LogP) is 1.05. The highest BCUT2D eigenvalue weighted by atomic mass is 16.6. The van der Waals surface area contributed by atoms with Crippen LogP contribution in [0.1, 0.15) is 17.0 Å². The van der Waals surface area contributed by atoms with Crippen molar-refractivity contribution in [2.24, 2.45) is 7.05 Å². The molecule has 0 unspecified atom stereocenters. The van der Waals surface area contributed by atoms with Crippen molar-refractivity contribution < 1.29 is 19.1 Å². The van der Waals surface area contributed by atoms with Crippen molar-refractivity contribution in [2.75, 3.05) is 26.3 Å². The van der Waals surface area contributed by atoms with Crippen molar-refractivity contribution in [2.45, 2.75) is 13.8 Å². The molecule has 0 aromatic carbocycles. The maximum Gasteiger partial charge on any atom is 0.410 e. The van der Waals surface area contributed by atoms with E-state index in [2.05, 4.69) is 5.10 Å². The van der Waals surface area contributed by atoms with E-state index in [1.54, 1.807) is 10.8 Å². The Morgan fingerprint density at radius 3 is 2.81 bits per heavy atom. The summed E-state index contributed by atoms with van der Waals surface area (Å²) in [5.74, 6) is -0.440. The maximum atomic E-state index is 11.6.